The summed E-state index contributed by atoms with van der Waals surface area (Å²) >= 11 is 0. The smallest absolute Gasteiger partial charge is 0.115 e. The molecule has 1 atom stereocenters. The van der Waals surface area contributed by atoms with Crippen LogP contribution in [-0.4, -0.2) is 5.71 Å². The van der Waals surface area contributed by atoms with Gasteiger partial charge < -0.3 is 0 Å². The fourth-order valence-corrected chi connectivity index (χ4v) is 3.05. The molecule has 0 bridgehead atoms. The van der Waals surface area contributed by atoms with Gasteiger partial charge in [0.15, 0.2) is 0 Å². The van der Waals surface area contributed by atoms with Gasteiger partial charge in [-0.2, -0.15) is 0 Å². The highest BCUT2D eigenvalue weighted by Crippen LogP contribution is 2.34. The summed E-state index contributed by atoms with van der Waals surface area (Å²) in [6, 6.07) is 7.81. The zero-order valence-corrected chi connectivity index (χ0v) is 13.4. The van der Waals surface area contributed by atoms with Crippen molar-refractivity contribution in [2.24, 2.45) is 16.8 Å². The predicted octanol–water partition coefficient (Wildman–Crippen LogP) is 5.20. The molecule has 1 unspecified atom stereocenters. The maximum absolute atomic E-state index is 12.6. The monoisotopic (exact) mass is 295 g/mol. The first-order valence-electron chi connectivity index (χ1n) is 7.89. The molecule has 1 aliphatic carbocycles. The highest BCUT2D eigenvalue weighted by Gasteiger charge is 2.26. The molecule has 0 amide bonds. The van der Waals surface area contributed by atoms with Crippen molar-refractivity contribution in [1.29, 1.82) is 0 Å². The van der Waals surface area contributed by atoms with Crippen molar-refractivity contribution in [3.63, 3.8) is 0 Å². The van der Waals surface area contributed by atoms with Crippen LogP contribution in [0.3, 0.4) is 0 Å². The summed E-state index contributed by atoms with van der Waals surface area (Å²) in [7, 11) is 0. The lowest BCUT2D eigenvalue weighted by atomic mass is 9.84. The van der Waals surface area contributed by atoms with Crippen molar-refractivity contribution in [2.75, 3.05) is 0 Å². The number of nitrogens with zero attached hydrogens (tertiary/aromatic N) is 1. The molecule has 1 heterocycles. The summed E-state index contributed by atoms with van der Waals surface area (Å²) in [5.41, 5.74) is 6.95. The second-order valence-electron chi connectivity index (χ2n) is 6.50. The van der Waals surface area contributed by atoms with Crippen molar-refractivity contribution < 1.29 is 4.39 Å². The molecule has 1 aromatic carbocycles. The maximum atomic E-state index is 12.6. The predicted molar refractivity (Wildman–Crippen MR) is 90.6 cm³/mol. The molecule has 0 saturated carbocycles. The van der Waals surface area contributed by atoms with Crippen LogP contribution in [0.5, 0.6) is 0 Å². The molecule has 114 valence electrons. The number of alkyl halides is 1. The number of hydrogen-bond acceptors (Lipinski definition) is 1. The summed E-state index contributed by atoms with van der Waals surface area (Å²) in [5, 5.41) is 0. The van der Waals surface area contributed by atoms with Gasteiger partial charge in [-0.05, 0) is 48.1 Å². The molecule has 2 aliphatic rings. The first-order chi connectivity index (χ1) is 10.6. The Morgan fingerprint density at radius 1 is 1.09 bits per heavy atom. The number of allylic oxidation sites excluding steroid dienone is 6. The molecule has 1 aliphatic heterocycles. The Hall–Kier alpha value is -1.96. The Balaban J connectivity index is 1.86. The minimum absolute atomic E-state index is 0.307. The summed E-state index contributed by atoms with van der Waals surface area (Å²) in [5.74, 6) is 0.763. The summed E-state index contributed by atoms with van der Waals surface area (Å²) < 4.78 is 12.6. The van der Waals surface area contributed by atoms with Crippen molar-refractivity contribution in [1.82, 2.24) is 0 Å². The average Bonchev–Trinajstić information content (AvgIpc) is 2.92. The Bertz CT molecular complexity index is 687. The van der Waals surface area contributed by atoms with E-state index in [4.69, 9.17) is 4.99 Å². The molecule has 1 aromatic rings. The Morgan fingerprint density at radius 2 is 1.77 bits per heavy atom. The second-order valence-corrected chi connectivity index (χ2v) is 6.50. The van der Waals surface area contributed by atoms with E-state index in [1.165, 1.54) is 28.1 Å². The van der Waals surface area contributed by atoms with Gasteiger partial charge in [-0.1, -0.05) is 49.8 Å². The molecule has 0 fully saturated rings. The Labute approximate surface area is 132 Å². The van der Waals surface area contributed by atoms with Crippen molar-refractivity contribution in [3.05, 3.63) is 70.5 Å². The van der Waals surface area contributed by atoms with E-state index in [0.717, 1.165) is 12.0 Å². The van der Waals surface area contributed by atoms with Gasteiger partial charge in [0.1, 0.15) is 6.67 Å². The van der Waals surface area contributed by atoms with Crippen LogP contribution in [0.1, 0.15) is 31.9 Å². The van der Waals surface area contributed by atoms with E-state index >= 15 is 0 Å². The third kappa shape index (κ3) is 2.96. The molecule has 0 N–H and O–H groups in total. The van der Waals surface area contributed by atoms with E-state index in [2.05, 4.69) is 39.0 Å². The highest BCUT2D eigenvalue weighted by atomic mass is 19.1. The van der Waals surface area contributed by atoms with E-state index in [1.807, 2.05) is 24.3 Å². The van der Waals surface area contributed by atoms with Crippen molar-refractivity contribution in [3.8, 4) is 0 Å². The fraction of sp³-hybridized carbons (Fsp3) is 0.350. The van der Waals surface area contributed by atoms with E-state index in [9.17, 15) is 4.39 Å². The molecule has 3 rings (SSSR count). The van der Waals surface area contributed by atoms with E-state index in [1.54, 1.807) is 0 Å². The SMILES string of the molecule is CC1=CC2=NC(C(C)C)=CC2C(Cc2ccc(CF)cc2)=C1. The zero-order chi connectivity index (χ0) is 15.7. The van der Waals surface area contributed by atoms with E-state index in [0.29, 0.717) is 11.8 Å². The van der Waals surface area contributed by atoms with Gasteiger partial charge in [-0.15, -0.1) is 0 Å². The van der Waals surface area contributed by atoms with Gasteiger partial charge in [0.25, 0.3) is 0 Å². The van der Waals surface area contributed by atoms with Crippen LogP contribution in [-0.2, 0) is 13.1 Å². The molecule has 1 nitrogen and oxygen atoms in total. The minimum atomic E-state index is -0.398. The van der Waals surface area contributed by atoms with E-state index < -0.39 is 6.67 Å². The van der Waals surface area contributed by atoms with E-state index in [-0.39, 0.29) is 0 Å². The number of hydrogen-bond donors (Lipinski definition) is 0. The topological polar surface area (TPSA) is 12.4 Å². The van der Waals surface area contributed by atoms with Gasteiger partial charge >= 0.3 is 0 Å². The molecular formula is C20H22FN. The van der Waals surface area contributed by atoms with Gasteiger partial charge in [0.2, 0.25) is 0 Å². The van der Waals surface area contributed by atoms with Gasteiger partial charge in [-0.3, -0.25) is 4.99 Å². The Kier molecular flexibility index (Phi) is 4.10. The van der Waals surface area contributed by atoms with Crippen LogP contribution in [0.15, 0.2) is 64.3 Å². The fourth-order valence-electron chi connectivity index (χ4n) is 3.05. The van der Waals surface area contributed by atoms with Gasteiger partial charge in [0.05, 0.1) is 5.71 Å². The van der Waals surface area contributed by atoms with Crippen LogP contribution in [0.25, 0.3) is 0 Å². The Morgan fingerprint density at radius 3 is 2.41 bits per heavy atom. The summed E-state index contributed by atoms with van der Waals surface area (Å²) in [4.78, 5) is 4.79. The first-order valence-corrected chi connectivity index (χ1v) is 7.89. The third-order valence-electron chi connectivity index (χ3n) is 4.28. The lowest BCUT2D eigenvalue weighted by Gasteiger charge is -2.19. The summed E-state index contributed by atoms with van der Waals surface area (Å²) in [6.45, 7) is 6.09. The van der Waals surface area contributed by atoms with Crippen molar-refractivity contribution >= 4 is 5.71 Å². The highest BCUT2D eigenvalue weighted by molar-refractivity contribution is 6.04. The lowest BCUT2D eigenvalue weighted by molar-refractivity contribution is 0.485. The lowest BCUT2D eigenvalue weighted by Crippen LogP contribution is -2.15. The first kappa shape index (κ1) is 15.0. The summed E-state index contributed by atoms with van der Waals surface area (Å²) in [6.07, 6.45) is 7.65. The van der Waals surface area contributed by atoms with Gasteiger partial charge in [-0.25, -0.2) is 4.39 Å². The molecule has 0 aromatic heterocycles. The van der Waals surface area contributed by atoms with Crippen LogP contribution in [0, 0.1) is 11.8 Å². The maximum Gasteiger partial charge on any atom is 0.115 e. The standard InChI is InChI=1S/C20H22FN/c1-13(2)19-11-18-17(8-14(3)9-20(18)22-19)10-15-4-6-16(12-21)7-5-15/h4-9,11,13,18H,10,12H2,1-3H3. The van der Waals surface area contributed by atoms with Crippen LogP contribution < -0.4 is 0 Å². The second kappa shape index (κ2) is 6.04. The molecule has 2 heteroatoms. The van der Waals surface area contributed by atoms with Crippen LogP contribution in [0.2, 0.25) is 0 Å². The minimum Gasteiger partial charge on any atom is -0.257 e. The molecular weight excluding hydrogens is 273 g/mol. The largest absolute Gasteiger partial charge is 0.257 e. The zero-order valence-electron chi connectivity index (χ0n) is 13.4. The normalized spacial score (nSPS) is 20.3. The number of fused-ring (bicyclic) bond motifs is 1. The number of aliphatic imine (C=N–C) groups is 1. The number of halogens is 1. The number of benzene rings is 1. The molecule has 0 radical (unpaired) electrons. The molecule has 22 heavy (non-hydrogen) atoms. The van der Waals surface area contributed by atoms with Crippen molar-refractivity contribution in [2.45, 2.75) is 33.9 Å². The number of rotatable bonds is 4. The quantitative estimate of drug-likeness (QED) is 0.724. The molecule has 0 spiro atoms. The van der Waals surface area contributed by atoms with Crippen LogP contribution >= 0.6 is 0 Å². The molecule has 0 saturated heterocycles. The average molecular weight is 295 g/mol. The van der Waals surface area contributed by atoms with Crippen LogP contribution in [0.4, 0.5) is 4.39 Å². The van der Waals surface area contributed by atoms with Gasteiger partial charge in [0, 0.05) is 11.6 Å². The third-order valence-corrected chi connectivity index (χ3v) is 4.28.